The first-order chi connectivity index (χ1) is 8.04. The van der Waals surface area contributed by atoms with E-state index in [1.165, 1.54) is 12.8 Å². The van der Waals surface area contributed by atoms with E-state index in [2.05, 4.69) is 45.0 Å². The number of hydrogen-bond acceptors (Lipinski definition) is 3. The topological polar surface area (TPSA) is 24.5 Å². The number of nitrogens with zero attached hydrogens (tertiary/aromatic N) is 1. The monoisotopic (exact) mass is 242 g/mol. The number of nitrogens with one attached hydrogen (secondary N) is 1. The summed E-state index contributed by atoms with van der Waals surface area (Å²) in [6, 6.07) is 0.542. The highest BCUT2D eigenvalue weighted by Crippen LogP contribution is 2.27. The molecule has 1 rings (SSSR count). The summed E-state index contributed by atoms with van der Waals surface area (Å²) in [5, 5.41) is 3.54. The van der Waals surface area contributed by atoms with E-state index in [-0.39, 0.29) is 5.54 Å². The number of morpholine rings is 1. The van der Waals surface area contributed by atoms with Gasteiger partial charge in [0.2, 0.25) is 0 Å². The Morgan fingerprint density at radius 1 is 1.29 bits per heavy atom. The molecule has 1 aliphatic rings. The van der Waals surface area contributed by atoms with Crippen LogP contribution in [0.5, 0.6) is 0 Å². The van der Waals surface area contributed by atoms with Crippen LogP contribution in [0, 0.1) is 5.92 Å². The van der Waals surface area contributed by atoms with Gasteiger partial charge in [-0.3, -0.25) is 4.90 Å². The SMILES string of the molecule is CCCC(C)C(NC)C(C)(C)N1CCOCC1. The second kappa shape index (κ2) is 6.72. The Kier molecular flexibility index (Phi) is 5.90. The molecule has 17 heavy (non-hydrogen) atoms. The Balaban J connectivity index is 2.69. The lowest BCUT2D eigenvalue weighted by atomic mass is 9.81. The molecule has 0 aromatic carbocycles. The Hall–Kier alpha value is -0.120. The van der Waals surface area contributed by atoms with Crippen LogP contribution in [0.3, 0.4) is 0 Å². The van der Waals surface area contributed by atoms with Crippen molar-refractivity contribution >= 4 is 0 Å². The standard InChI is InChI=1S/C14H30N2O/c1-6-7-12(2)13(15-5)14(3,4)16-8-10-17-11-9-16/h12-13,15H,6-11H2,1-5H3. The van der Waals surface area contributed by atoms with Crippen LogP contribution in [0.15, 0.2) is 0 Å². The number of likely N-dealkylation sites (N-methyl/N-ethyl adjacent to an activating group) is 1. The summed E-state index contributed by atoms with van der Waals surface area (Å²) in [5.41, 5.74) is 0.202. The Bertz CT molecular complexity index is 212. The molecule has 0 aromatic heterocycles. The third-order valence-corrected chi connectivity index (χ3v) is 4.21. The fourth-order valence-electron chi connectivity index (χ4n) is 3.29. The molecule has 0 amide bonds. The van der Waals surface area contributed by atoms with E-state index in [1.54, 1.807) is 0 Å². The van der Waals surface area contributed by atoms with E-state index in [1.807, 2.05) is 0 Å². The number of ether oxygens (including phenoxy) is 1. The predicted octanol–water partition coefficient (Wildman–Crippen LogP) is 2.12. The maximum absolute atomic E-state index is 5.45. The highest BCUT2D eigenvalue weighted by atomic mass is 16.5. The largest absolute Gasteiger partial charge is 0.379 e. The summed E-state index contributed by atoms with van der Waals surface area (Å²) in [6.07, 6.45) is 2.55. The van der Waals surface area contributed by atoms with Crippen LogP contribution in [-0.2, 0) is 4.74 Å². The van der Waals surface area contributed by atoms with Gasteiger partial charge in [-0.2, -0.15) is 0 Å². The van der Waals surface area contributed by atoms with E-state index in [4.69, 9.17) is 4.74 Å². The molecule has 0 spiro atoms. The average molecular weight is 242 g/mol. The van der Waals surface area contributed by atoms with Gasteiger partial charge >= 0.3 is 0 Å². The first kappa shape index (κ1) is 14.9. The molecule has 3 nitrogen and oxygen atoms in total. The highest BCUT2D eigenvalue weighted by Gasteiger charge is 2.37. The fraction of sp³-hybridized carbons (Fsp3) is 1.00. The summed E-state index contributed by atoms with van der Waals surface area (Å²) in [4.78, 5) is 2.57. The molecule has 0 aliphatic carbocycles. The van der Waals surface area contributed by atoms with E-state index in [0.717, 1.165) is 26.3 Å². The zero-order chi connectivity index (χ0) is 12.9. The normalized spacial score (nSPS) is 22.4. The van der Waals surface area contributed by atoms with Crippen molar-refractivity contribution < 1.29 is 4.74 Å². The summed E-state index contributed by atoms with van der Waals surface area (Å²) >= 11 is 0. The van der Waals surface area contributed by atoms with Crippen molar-refractivity contribution in [1.29, 1.82) is 0 Å². The minimum Gasteiger partial charge on any atom is -0.379 e. The van der Waals surface area contributed by atoms with Crippen LogP contribution in [0.1, 0.15) is 40.5 Å². The minimum atomic E-state index is 0.202. The lowest BCUT2D eigenvalue weighted by molar-refractivity contribution is -0.0300. The van der Waals surface area contributed by atoms with Crippen molar-refractivity contribution in [3.63, 3.8) is 0 Å². The third-order valence-electron chi connectivity index (χ3n) is 4.21. The van der Waals surface area contributed by atoms with Gasteiger partial charge in [0.25, 0.3) is 0 Å². The van der Waals surface area contributed by atoms with Crippen LogP contribution >= 0.6 is 0 Å². The summed E-state index contributed by atoms with van der Waals surface area (Å²) in [6.45, 7) is 13.2. The molecule has 0 radical (unpaired) electrons. The van der Waals surface area contributed by atoms with Gasteiger partial charge in [-0.15, -0.1) is 0 Å². The predicted molar refractivity (Wildman–Crippen MR) is 73.4 cm³/mol. The molecule has 0 bridgehead atoms. The van der Waals surface area contributed by atoms with E-state index in [9.17, 15) is 0 Å². The summed E-state index contributed by atoms with van der Waals surface area (Å²) < 4.78 is 5.45. The van der Waals surface area contributed by atoms with Crippen molar-refractivity contribution in [1.82, 2.24) is 10.2 Å². The van der Waals surface area contributed by atoms with Gasteiger partial charge in [0.1, 0.15) is 0 Å². The molecule has 1 saturated heterocycles. The lowest BCUT2D eigenvalue weighted by Gasteiger charge is -2.47. The number of hydrogen-bond donors (Lipinski definition) is 1. The Morgan fingerprint density at radius 3 is 2.35 bits per heavy atom. The molecule has 0 saturated carbocycles. The van der Waals surface area contributed by atoms with Gasteiger partial charge in [0, 0.05) is 24.7 Å². The molecule has 1 fully saturated rings. The van der Waals surface area contributed by atoms with Gasteiger partial charge in [0.05, 0.1) is 13.2 Å². The summed E-state index contributed by atoms with van der Waals surface area (Å²) in [5.74, 6) is 0.711. The van der Waals surface area contributed by atoms with Crippen molar-refractivity contribution in [2.24, 2.45) is 5.92 Å². The van der Waals surface area contributed by atoms with Gasteiger partial charge < -0.3 is 10.1 Å². The molecular weight excluding hydrogens is 212 g/mol. The zero-order valence-electron chi connectivity index (χ0n) is 12.3. The molecule has 0 aromatic rings. The fourth-order valence-corrected chi connectivity index (χ4v) is 3.29. The molecule has 1 N–H and O–H groups in total. The Morgan fingerprint density at radius 2 is 1.88 bits per heavy atom. The minimum absolute atomic E-state index is 0.202. The van der Waals surface area contributed by atoms with Crippen LogP contribution in [0.2, 0.25) is 0 Å². The van der Waals surface area contributed by atoms with Crippen LogP contribution in [0.4, 0.5) is 0 Å². The van der Waals surface area contributed by atoms with E-state index in [0.29, 0.717) is 12.0 Å². The lowest BCUT2D eigenvalue weighted by Crippen LogP contribution is -2.61. The maximum atomic E-state index is 5.45. The molecule has 1 aliphatic heterocycles. The van der Waals surface area contributed by atoms with Gasteiger partial charge in [-0.1, -0.05) is 20.3 Å². The molecule has 2 atom stereocenters. The van der Waals surface area contributed by atoms with Gasteiger partial charge in [-0.25, -0.2) is 0 Å². The average Bonchev–Trinajstić information content (AvgIpc) is 2.31. The van der Waals surface area contributed by atoms with Crippen molar-refractivity contribution in [2.75, 3.05) is 33.4 Å². The van der Waals surface area contributed by atoms with Crippen molar-refractivity contribution in [3.05, 3.63) is 0 Å². The molecule has 1 heterocycles. The summed E-state index contributed by atoms with van der Waals surface area (Å²) in [7, 11) is 2.10. The van der Waals surface area contributed by atoms with Gasteiger partial charge in [0.15, 0.2) is 0 Å². The van der Waals surface area contributed by atoms with Crippen LogP contribution < -0.4 is 5.32 Å². The first-order valence-corrected chi connectivity index (χ1v) is 7.04. The number of rotatable bonds is 6. The molecular formula is C14H30N2O. The quantitative estimate of drug-likeness (QED) is 0.772. The second-order valence-corrected chi connectivity index (χ2v) is 5.79. The maximum Gasteiger partial charge on any atom is 0.0594 e. The molecule has 2 unspecified atom stereocenters. The second-order valence-electron chi connectivity index (χ2n) is 5.79. The molecule has 102 valence electrons. The van der Waals surface area contributed by atoms with E-state index >= 15 is 0 Å². The first-order valence-electron chi connectivity index (χ1n) is 7.04. The van der Waals surface area contributed by atoms with Crippen LogP contribution in [0.25, 0.3) is 0 Å². The van der Waals surface area contributed by atoms with Crippen molar-refractivity contribution in [2.45, 2.75) is 52.1 Å². The van der Waals surface area contributed by atoms with E-state index < -0.39 is 0 Å². The van der Waals surface area contributed by atoms with Gasteiger partial charge in [-0.05, 0) is 33.2 Å². The Labute approximate surface area is 107 Å². The van der Waals surface area contributed by atoms with Crippen molar-refractivity contribution in [3.8, 4) is 0 Å². The highest BCUT2D eigenvalue weighted by molar-refractivity contribution is 4.96. The zero-order valence-corrected chi connectivity index (χ0v) is 12.3. The van der Waals surface area contributed by atoms with Crippen LogP contribution in [-0.4, -0.2) is 49.8 Å². The third kappa shape index (κ3) is 3.67. The smallest absolute Gasteiger partial charge is 0.0594 e. The molecule has 3 heteroatoms.